The molecule has 1 saturated carbocycles. The molecule has 1 N–H and O–H groups in total. The van der Waals surface area contributed by atoms with Crippen LogP contribution in [0.3, 0.4) is 0 Å². The van der Waals surface area contributed by atoms with Crippen molar-refractivity contribution < 1.29 is 5.11 Å². The van der Waals surface area contributed by atoms with E-state index in [-0.39, 0.29) is 4.83 Å². The molecule has 1 radical (unpaired) electrons. The zero-order chi connectivity index (χ0) is 19.6. The van der Waals surface area contributed by atoms with Gasteiger partial charge in [0.2, 0.25) is 0 Å². The van der Waals surface area contributed by atoms with Gasteiger partial charge < -0.3 is 5.11 Å². The van der Waals surface area contributed by atoms with Crippen molar-refractivity contribution in [2.24, 2.45) is 16.1 Å². The molecule has 0 aromatic rings. The maximum absolute atomic E-state index is 9.87. The van der Waals surface area contributed by atoms with E-state index in [9.17, 15) is 5.11 Å². The molecule has 141 valence electrons. The fraction of sp³-hybridized carbons (Fsp3) is 0.700. The van der Waals surface area contributed by atoms with Crippen molar-refractivity contribution in [1.82, 2.24) is 0 Å². The van der Waals surface area contributed by atoms with Gasteiger partial charge in [0.05, 0.1) is 5.60 Å². The summed E-state index contributed by atoms with van der Waals surface area (Å²) in [7, 11) is 4.34. The Kier molecular flexibility index (Phi) is 12.2. The molecule has 0 bridgehead atoms. The summed E-state index contributed by atoms with van der Waals surface area (Å²) in [5, 5.41) is 9.87. The van der Waals surface area contributed by atoms with E-state index in [2.05, 4.69) is 80.7 Å². The summed E-state index contributed by atoms with van der Waals surface area (Å²) in [6.45, 7) is 16.3. The summed E-state index contributed by atoms with van der Waals surface area (Å²) in [5.74, 6) is 1.36. The van der Waals surface area contributed by atoms with Crippen LogP contribution in [0, 0.1) is 11.8 Å². The third-order valence-corrected chi connectivity index (χ3v) is 6.56. The first kappa shape index (κ1) is 24.9. The van der Waals surface area contributed by atoms with Crippen LogP contribution in [0.1, 0.15) is 66.2 Å². The van der Waals surface area contributed by atoms with Gasteiger partial charge >= 0.3 is 24.8 Å². The molecule has 0 saturated heterocycles. The molecule has 4 atom stereocenters. The van der Waals surface area contributed by atoms with Gasteiger partial charge in [-0.3, -0.25) is 0 Å². The maximum atomic E-state index is 9.87. The number of halogens is 1. The van der Waals surface area contributed by atoms with Crippen LogP contribution in [-0.4, -0.2) is 23.2 Å². The number of allylic oxidation sites excluding steroid dienone is 4. The number of nitrogens with zero attached hydrogens (tertiary/aromatic N) is 1. The van der Waals surface area contributed by atoms with Crippen molar-refractivity contribution >= 4 is 36.4 Å². The minimum atomic E-state index is -0.522. The molecule has 0 heterocycles. The molecule has 5 heteroatoms. The van der Waals surface area contributed by atoms with Gasteiger partial charge in [-0.05, 0) is 78.1 Å². The topological polar surface area (TPSA) is 32.6 Å². The third-order valence-electron chi connectivity index (χ3n) is 5.20. The molecule has 0 aliphatic heterocycles. The van der Waals surface area contributed by atoms with E-state index in [1.807, 2.05) is 6.92 Å². The van der Waals surface area contributed by atoms with Crippen molar-refractivity contribution in [2.45, 2.75) is 76.6 Å². The van der Waals surface area contributed by atoms with E-state index in [4.69, 9.17) is 0 Å². The van der Waals surface area contributed by atoms with Crippen LogP contribution < -0.4 is 0 Å². The van der Waals surface area contributed by atoms with E-state index in [1.165, 1.54) is 30.4 Å². The number of hydrogen-bond donors (Lipinski definition) is 2. The zero-order valence-corrected chi connectivity index (χ0v) is 18.7. The molecule has 0 amide bonds. The number of thiol groups is 1. The molecule has 1 fully saturated rings. The van der Waals surface area contributed by atoms with E-state index >= 15 is 0 Å². The fourth-order valence-electron chi connectivity index (χ4n) is 3.11. The third kappa shape index (κ3) is 9.96. The number of aliphatic hydroxyl groups is 1. The van der Waals surface area contributed by atoms with Crippen molar-refractivity contribution in [2.75, 3.05) is 0 Å². The molecule has 2 nitrogen and oxygen atoms in total. The second-order valence-corrected chi connectivity index (χ2v) is 8.96. The summed E-state index contributed by atoms with van der Waals surface area (Å²) in [6.07, 6.45) is 9.13. The molecule has 0 aromatic carbocycles. The van der Waals surface area contributed by atoms with Crippen LogP contribution >= 0.6 is 28.7 Å². The average Bonchev–Trinajstić information content (AvgIpc) is 2.51. The summed E-state index contributed by atoms with van der Waals surface area (Å²) in [5.41, 5.74) is 3.63. The molecule has 0 aromatic heterocycles. The predicted molar refractivity (Wildman–Crippen MR) is 119 cm³/mol. The molecular weight excluding hydrogens is 393 g/mol. The monoisotopic (exact) mass is 426 g/mol. The van der Waals surface area contributed by atoms with Gasteiger partial charge in [0.25, 0.3) is 0 Å². The van der Waals surface area contributed by atoms with E-state index in [0.29, 0.717) is 5.92 Å². The van der Waals surface area contributed by atoms with Gasteiger partial charge in [-0.1, -0.05) is 51.9 Å². The van der Waals surface area contributed by atoms with Crippen LogP contribution in [0.2, 0.25) is 0 Å². The Morgan fingerprint density at radius 3 is 2.20 bits per heavy atom. The van der Waals surface area contributed by atoms with Crippen LogP contribution in [-0.2, 0) is 0 Å². The van der Waals surface area contributed by atoms with Crippen molar-refractivity contribution in [3.8, 4) is 0 Å². The standard InChI is InChI=1S/C10H17BrO.C10H16.BHNS/c1-7(2)8-4-5-10(3,12)9(11)6-8;1-8(2)10-6-4-9(3)5-7-10;1-2-3/h8-9,12H,1,4-6H2,2-3H3;4,10H,1,5-7H2,2-3H3;3H/t8-,9+,10+;10-;/m10./s1. The second-order valence-electron chi connectivity index (χ2n) is 7.63. The fourth-order valence-corrected chi connectivity index (χ4v) is 3.79. The van der Waals surface area contributed by atoms with Gasteiger partial charge in [-0.15, -0.1) is 0 Å². The van der Waals surface area contributed by atoms with Gasteiger partial charge in [0.1, 0.15) is 0 Å². The average molecular weight is 427 g/mol. The summed E-state index contributed by atoms with van der Waals surface area (Å²) in [6, 6.07) is 0. The quantitative estimate of drug-likeness (QED) is 0.228. The zero-order valence-electron chi connectivity index (χ0n) is 16.3. The van der Waals surface area contributed by atoms with Gasteiger partial charge in [-0.25, -0.2) is 0 Å². The number of rotatable bonds is 2. The summed E-state index contributed by atoms with van der Waals surface area (Å²) < 4.78 is 2.69. The van der Waals surface area contributed by atoms with E-state index < -0.39 is 5.60 Å². The van der Waals surface area contributed by atoms with Crippen LogP contribution in [0.5, 0.6) is 0 Å². The Hall–Kier alpha value is -0.125. The molecule has 2 aliphatic rings. The van der Waals surface area contributed by atoms with E-state index in [1.54, 1.807) is 5.57 Å². The Bertz CT molecular complexity index is 490. The molecule has 0 unspecified atom stereocenters. The number of hydrogen-bond acceptors (Lipinski definition) is 3. The minimum absolute atomic E-state index is 0.223. The van der Waals surface area contributed by atoms with Gasteiger partial charge in [-0.2, -0.15) is 0 Å². The SMILES string of the molecule is C=C(C)[C@@H]1CC[C@](C)(O)[C@@H](Br)C1.C=C(C)[C@H]1CC=C(C)CC1.[B]=NS. The molecule has 2 rings (SSSR count). The van der Waals surface area contributed by atoms with Gasteiger partial charge in [0.15, 0.2) is 0 Å². The first-order valence-corrected chi connectivity index (χ1v) is 10.2. The Balaban J connectivity index is 0.000000403. The second kappa shape index (κ2) is 12.3. The molecule has 0 spiro atoms. The van der Waals surface area contributed by atoms with Gasteiger partial charge in [0, 0.05) is 4.83 Å². The first-order valence-electron chi connectivity index (χ1n) is 8.92. The molecule has 25 heavy (non-hydrogen) atoms. The Morgan fingerprint density at radius 2 is 1.84 bits per heavy atom. The Labute approximate surface area is 170 Å². The Morgan fingerprint density at radius 1 is 1.32 bits per heavy atom. The van der Waals surface area contributed by atoms with Crippen molar-refractivity contribution in [3.05, 3.63) is 36.0 Å². The molecular formula is C20H34BBrNOS. The summed E-state index contributed by atoms with van der Waals surface area (Å²) in [4.78, 5) is 0.223. The van der Waals surface area contributed by atoms with E-state index in [0.717, 1.165) is 25.2 Å². The van der Waals surface area contributed by atoms with Crippen LogP contribution in [0.4, 0.5) is 0 Å². The normalized spacial score (nSPS) is 31.3. The van der Waals surface area contributed by atoms with Crippen molar-refractivity contribution in [1.29, 1.82) is 0 Å². The predicted octanol–water partition coefficient (Wildman–Crippen LogP) is 6.37. The van der Waals surface area contributed by atoms with Crippen molar-refractivity contribution in [3.63, 3.8) is 0 Å². The summed E-state index contributed by atoms with van der Waals surface area (Å²) >= 11 is 6.72. The van der Waals surface area contributed by atoms with Crippen LogP contribution in [0.25, 0.3) is 0 Å². The number of alkyl halides is 1. The first-order chi connectivity index (χ1) is 11.5. The molecule has 2 aliphatic carbocycles. The van der Waals surface area contributed by atoms with Crippen LogP contribution in [0.15, 0.2) is 40.3 Å².